The fourth-order valence-corrected chi connectivity index (χ4v) is 12.3. The maximum atomic E-state index is 6.75. The normalized spacial score (nSPS) is 15.4. The Morgan fingerprint density at radius 1 is 0.444 bits per heavy atom. The number of fused-ring (bicyclic) bond motifs is 13. The summed E-state index contributed by atoms with van der Waals surface area (Å²) in [5, 5.41) is 4.61. The molecule has 1 aromatic heterocycles. The third kappa shape index (κ3) is 5.25. The molecule has 13 rings (SSSR count). The molecular formula is C61H47NO. The van der Waals surface area contributed by atoms with Gasteiger partial charge in [-0.1, -0.05) is 179 Å². The molecule has 1 fully saturated rings. The SMILES string of the molecule is CC1(C)c2ccccc2-c2cccc(-c3ccc(N(c4ccc5c(c4)C4(CCCCC4)c4ccccc4-5)c4ccccc4-c4cccc5oc6c7ccccc7ccc6c45)cc3)c21. The summed E-state index contributed by atoms with van der Waals surface area (Å²) in [6, 6.07) is 70.3. The van der Waals surface area contributed by atoms with Crippen molar-refractivity contribution in [1.82, 2.24) is 0 Å². The van der Waals surface area contributed by atoms with Gasteiger partial charge < -0.3 is 9.32 Å². The monoisotopic (exact) mass is 809 g/mol. The predicted octanol–water partition coefficient (Wildman–Crippen LogP) is 17.1. The molecule has 0 aliphatic heterocycles. The summed E-state index contributed by atoms with van der Waals surface area (Å²) >= 11 is 0. The Labute approximate surface area is 369 Å². The van der Waals surface area contributed by atoms with E-state index in [0.29, 0.717) is 0 Å². The van der Waals surface area contributed by atoms with Crippen molar-refractivity contribution in [3.8, 4) is 44.5 Å². The first-order chi connectivity index (χ1) is 31.0. The van der Waals surface area contributed by atoms with Crippen molar-refractivity contribution in [3.63, 3.8) is 0 Å². The lowest BCUT2D eigenvalue weighted by atomic mass is 9.68. The average molecular weight is 810 g/mol. The summed E-state index contributed by atoms with van der Waals surface area (Å²) in [7, 11) is 0. The summed E-state index contributed by atoms with van der Waals surface area (Å²) in [5.41, 5.74) is 21.4. The van der Waals surface area contributed by atoms with Crippen molar-refractivity contribution in [3.05, 3.63) is 210 Å². The highest BCUT2D eigenvalue weighted by atomic mass is 16.3. The minimum Gasteiger partial charge on any atom is -0.455 e. The van der Waals surface area contributed by atoms with Gasteiger partial charge in [0.05, 0.1) is 5.69 Å². The lowest BCUT2D eigenvalue weighted by Crippen LogP contribution is -2.28. The zero-order valence-electron chi connectivity index (χ0n) is 35.8. The Balaban J connectivity index is 1.02. The Kier molecular flexibility index (Phi) is 7.92. The average Bonchev–Trinajstić information content (AvgIpc) is 3.94. The van der Waals surface area contributed by atoms with Crippen molar-refractivity contribution in [1.29, 1.82) is 0 Å². The van der Waals surface area contributed by atoms with Crippen LogP contribution >= 0.6 is 0 Å². The van der Waals surface area contributed by atoms with Gasteiger partial charge in [-0.3, -0.25) is 0 Å². The topological polar surface area (TPSA) is 16.4 Å². The highest BCUT2D eigenvalue weighted by Gasteiger charge is 2.44. The van der Waals surface area contributed by atoms with E-state index in [4.69, 9.17) is 4.42 Å². The molecule has 0 radical (unpaired) electrons. The van der Waals surface area contributed by atoms with Crippen LogP contribution in [0.15, 0.2) is 192 Å². The van der Waals surface area contributed by atoms with Crippen molar-refractivity contribution in [2.24, 2.45) is 0 Å². The maximum absolute atomic E-state index is 6.75. The second-order valence-electron chi connectivity index (χ2n) is 18.7. The highest BCUT2D eigenvalue weighted by Crippen LogP contribution is 2.58. The summed E-state index contributed by atoms with van der Waals surface area (Å²) in [5.74, 6) is 0. The van der Waals surface area contributed by atoms with Crippen LogP contribution in [0.3, 0.4) is 0 Å². The molecule has 10 aromatic rings. The molecule has 3 aliphatic rings. The number of furan rings is 1. The molecule has 1 spiro atoms. The molecule has 9 aromatic carbocycles. The lowest BCUT2D eigenvalue weighted by molar-refractivity contribution is 0.353. The van der Waals surface area contributed by atoms with E-state index in [1.54, 1.807) is 0 Å². The van der Waals surface area contributed by atoms with E-state index in [-0.39, 0.29) is 10.8 Å². The van der Waals surface area contributed by atoms with Crippen molar-refractivity contribution >= 4 is 49.8 Å². The molecule has 1 heterocycles. The minimum atomic E-state index is -0.103. The van der Waals surface area contributed by atoms with Crippen molar-refractivity contribution in [2.45, 2.75) is 56.8 Å². The third-order valence-corrected chi connectivity index (χ3v) is 15.1. The van der Waals surface area contributed by atoms with Gasteiger partial charge in [0, 0.05) is 43.9 Å². The van der Waals surface area contributed by atoms with Crippen LogP contribution in [-0.2, 0) is 10.8 Å². The number of para-hydroxylation sites is 1. The molecular weight excluding hydrogens is 763 g/mol. The Morgan fingerprint density at radius 2 is 1.08 bits per heavy atom. The van der Waals surface area contributed by atoms with Gasteiger partial charge in [0.15, 0.2) is 0 Å². The predicted molar refractivity (Wildman–Crippen MR) is 264 cm³/mol. The second kappa shape index (κ2) is 13.7. The summed E-state index contributed by atoms with van der Waals surface area (Å²) in [6.45, 7) is 4.76. The number of anilines is 3. The molecule has 0 unspecified atom stereocenters. The van der Waals surface area contributed by atoms with Crippen LogP contribution in [-0.4, -0.2) is 0 Å². The Morgan fingerprint density at radius 3 is 1.92 bits per heavy atom. The molecule has 2 nitrogen and oxygen atoms in total. The molecule has 0 N–H and O–H groups in total. The largest absolute Gasteiger partial charge is 0.455 e. The molecule has 63 heavy (non-hydrogen) atoms. The standard InChI is InChI=1S/C61H47NO/c1-60(2)52-24-9-6-19-46(52)50-23-14-21-43(58(50)60)40-28-31-41(32-29-40)62(42-33-35-47-45-18-7-10-25-53(45)61(54(47)38-42)36-12-3-13-37-61)55-26-11-8-20-48(55)49-22-15-27-56-57(49)51-34-30-39-16-4-5-17-44(39)59(51)63-56/h4-11,14-35,38H,3,12-13,36-37H2,1-2H3. The van der Waals surface area contributed by atoms with E-state index in [1.807, 2.05) is 0 Å². The van der Waals surface area contributed by atoms with Crippen molar-refractivity contribution < 1.29 is 4.42 Å². The van der Waals surface area contributed by atoms with E-state index in [0.717, 1.165) is 44.3 Å². The van der Waals surface area contributed by atoms with Crippen LogP contribution in [0.1, 0.15) is 68.2 Å². The number of rotatable bonds is 5. The maximum Gasteiger partial charge on any atom is 0.143 e. The zero-order chi connectivity index (χ0) is 41.9. The Hall–Kier alpha value is -7.16. The summed E-state index contributed by atoms with van der Waals surface area (Å²) in [6.07, 6.45) is 6.21. The number of benzene rings is 9. The van der Waals surface area contributed by atoms with Crippen LogP contribution in [0.25, 0.3) is 77.2 Å². The van der Waals surface area contributed by atoms with Gasteiger partial charge in [0.2, 0.25) is 0 Å². The van der Waals surface area contributed by atoms with Crippen LogP contribution in [0.2, 0.25) is 0 Å². The quantitative estimate of drug-likeness (QED) is 0.172. The summed E-state index contributed by atoms with van der Waals surface area (Å²) in [4.78, 5) is 2.52. The van der Waals surface area contributed by atoms with E-state index in [2.05, 4.69) is 207 Å². The summed E-state index contributed by atoms with van der Waals surface area (Å²) < 4.78 is 6.75. The smallest absolute Gasteiger partial charge is 0.143 e. The molecule has 0 saturated heterocycles. The zero-order valence-corrected chi connectivity index (χ0v) is 35.8. The highest BCUT2D eigenvalue weighted by molar-refractivity contribution is 6.19. The van der Waals surface area contributed by atoms with E-state index < -0.39 is 0 Å². The first kappa shape index (κ1) is 36.5. The van der Waals surface area contributed by atoms with Gasteiger partial charge in [-0.2, -0.15) is 0 Å². The van der Waals surface area contributed by atoms with E-state index in [9.17, 15) is 0 Å². The molecule has 302 valence electrons. The molecule has 3 aliphatic carbocycles. The van der Waals surface area contributed by atoms with Crippen LogP contribution in [0, 0.1) is 0 Å². The van der Waals surface area contributed by atoms with Crippen molar-refractivity contribution in [2.75, 3.05) is 4.90 Å². The van der Waals surface area contributed by atoms with Gasteiger partial charge in [-0.05, 0) is 122 Å². The second-order valence-corrected chi connectivity index (χ2v) is 18.7. The van der Waals surface area contributed by atoms with Gasteiger partial charge in [-0.15, -0.1) is 0 Å². The van der Waals surface area contributed by atoms with Crippen LogP contribution in [0.4, 0.5) is 17.1 Å². The number of hydrogen-bond donors (Lipinski definition) is 0. The minimum absolute atomic E-state index is 0.0391. The van der Waals surface area contributed by atoms with Gasteiger partial charge >= 0.3 is 0 Å². The third-order valence-electron chi connectivity index (χ3n) is 15.1. The number of nitrogens with zero attached hydrogens (tertiary/aromatic N) is 1. The number of hydrogen-bond acceptors (Lipinski definition) is 2. The fraction of sp³-hybridized carbons (Fsp3) is 0.148. The molecule has 2 heteroatoms. The first-order valence-corrected chi connectivity index (χ1v) is 22.8. The van der Waals surface area contributed by atoms with Gasteiger partial charge in [0.25, 0.3) is 0 Å². The van der Waals surface area contributed by atoms with Gasteiger partial charge in [0.1, 0.15) is 11.2 Å². The van der Waals surface area contributed by atoms with Gasteiger partial charge in [-0.25, -0.2) is 0 Å². The van der Waals surface area contributed by atoms with Crippen LogP contribution < -0.4 is 4.90 Å². The molecule has 0 amide bonds. The first-order valence-electron chi connectivity index (χ1n) is 22.8. The van der Waals surface area contributed by atoms with E-state index in [1.165, 1.54) is 104 Å². The van der Waals surface area contributed by atoms with Crippen LogP contribution in [0.5, 0.6) is 0 Å². The Bertz CT molecular complexity index is 3470. The van der Waals surface area contributed by atoms with E-state index >= 15 is 0 Å². The fourth-order valence-electron chi connectivity index (χ4n) is 12.3. The molecule has 0 atom stereocenters. The molecule has 0 bridgehead atoms. The molecule has 1 saturated carbocycles. The lowest BCUT2D eigenvalue weighted by Gasteiger charge is -2.37.